The van der Waals surface area contributed by atoms with Crippen molar-refractivity contribution >= 4 is 10.0 Å². The summed E-state index contributed by atoms with van der Waals surface area (Å²) in [4.78, 5) is 1.49. The van der Waals surface area contributed by atoms with Gasteiger partial charge >= 0.3 is 0 Å². The van der Waals surface area contributed by atoms with Gasteiger partial charge < -0.3 is 5.11 Å². The highest BCUT2D eigenvalue weighted by Gasteiger charge is 2.16. The highest BCUT2D eigenvalue weighted by molar-refractivity contribution is 7.89. The number of sulfonamides is 1. The lowest BCUT2D eigenvalue weighted by Crippen LogP contribution is -2.26. The van der Waals surface area contributed by atoms with Gasteiger partial charge in [0.1, 0.15) is 5.82 Å². The summed E-state index contributed by atoms with van der Waals surface area (Å²) < 4.78 is 39.4. The Morgan fingerprint density at radius 3 is 2.44 bits per heavy atom. The maximum atomic E-state index is 13.1. The average Bonchev–Trinajstić information content (AvgIpc) is 3.17. The summed E-state index contributed by atoms with van der Waals surface area (Å²) in [7, 11) is -3.67. The molecular weight excluding hydrogens is 373 g/mol. The summed E-state index contributed by atoms with van der Waals surface area (Å²) in [6.45, 7) is 1.53. The Morgan fingerprint density at radius 2 is 1.81 bits per heavy atom. The predicted molar refractivity (Wildman–Crippen MR) is 95.7 cm³/mol. The van der Waals surface area contributed by atoms with E-state index in [-0.39, 0.29) is 29.9 Å². The number of hydrogen-bond acceptors (Lipinski definition) is 6. The number of aliphatic hydroxyl groups excluding tert-OH is 1. The highest BCUT2D eigenvalue weighted by atomic mass is 32.2. The second-order valence-electron chi connectivity index (χ2n) is 5.81. The van der Waals surface area contributed by atoms with E-state index >= 15 is 0 Å². The van der Waals surface area contributed by atoms with Gasteiger partial charge in [-0.2, -0.15) is 4.80 Å². The van der Waals surface area contributed by atoms with Crippen LogP contribution in [0.25, 0.3) is 11.4 Å². The van der Waals surface area contributed by atoms with Crippen molar-refractivity contribution in [2.24, 2.45) is 0 Å². The summed E-state index contributed by atoms with van der Waals surface area (Å²) in [5.74, 6) is 0.0259. The van der Waals surface area contributed by atoms with E-state index in [9.17, 15) is 12.8 Å². The van der Waals surface area contributed by atoms with Crippen LogP contribution in [0, 0.1) is 5.82 Å². The molecule has 0 fully saturated rings. The first-order chi connectivity index (χ1) is 12.9. The Labute approximate surface area is 155 Å². The van der Waals surface area contributed by atoms with Gasteiger partial charge in [-0.1, -0.05) is 12.1 Å². The molecular formula is C17H18FN5O3S. The van der Waals surface area contributed by atoms with E-state index in [1.807, 2.05) is 6.92 Å². The van der Waals surface area contributed by atoms with Crippen molar-refractivity contribution in [2.75, 3.05) is 13.2 Å². The maximum absolute atomic E-state index is 13.1. The quantitative estimate of drug-likeness (QED) is 0.629. The van der Waals surface area contributed by atoms with E-state index in [0.717, 1.165) is 5.56 Å². The smallest absolute Gasteiger partial charge is 0.240 e. The topological polar surface area (TPSA) is 110 Å². The number of aromatic nitrogens is 4. The van der Waals surface area contributed by atoms with Crippen LogP contribution in [0.15, 0.2) is 53.4 Å². The standard InChI is InChI=1S/C17H18FN5O3S/c1-12(13-2-6-15(18)7-3-13)23-21-17(20-22-23)14-4-8-16(9-5-14)27(25,26)19-10-11-24/h2-9,12,19,24H,10-11H2,1H3. The van der Waals surface area contributed by atoms with Crippen LogP contribution in [0.2, 0.25) is 0 Å². The minimum Gasteiger partial charge on any atom is -0.395 e. The zero-order chi connectivity index (χ0) is 19.4. The largest absolute Gasteiger partial charge is 0.395 e. The van der Waals surface area contributed by atoms with Gasteiger partial charge in [-0.05, 0) is 54.1 Å². The molecule has 1 unspecified atom stereocenters. The Balaban J connectivity index is 1.79. The molecule has 2 aromatic carbocycles. The van der Waals surface area contributed by atoms with Crippen LogP contribution in [0.4, 0.5) is 4.39 Å². The summed E-state index contributed by atoms with van der Waals surface area (Å²) in [6.07, 6.45) is 0. The molecule has 0 bridgehead atoms. The first kappa shape index (κ1) is 19.1. The number of benzene rings is 2. The summed E-state index contributed by atoms with van der Waals surface area (Å²) in [5.41, 5.74) is 1.44. The van der Waals surface area contributed by atoms with Crippen molar-refractivity contribution in [3.8, 4) is 11.4 Å². The molecule has 0 amide bonds. The van der Waals surface area contributed by atoms with Gasteiger partial charge in [-0.15, -0.1) is 10.2 Å². The van der Waals surface area contributed by atoms with Crippen LogP contribution in [-0.4, -0.2) is 46.9 Å². The van der Waals surface area contributed by atoms with Gasteiger partial charge in [0.2, 0.25) is 15.8 Å². The van der Waals surface area contributed by atoms with E-state index in [1.54, 1.807) is 24.3 Å². The minimum atomic E-state index is -3.67. The first-order valence-electron chi connectivity index (χ1n) is 8.16. The normalized spacial score (nSPS) is 12.9. The third kappa shape index (κ3) is 4.35. The number of rotatable bonds is 7. The van der Waals surface area contributed by atoms with Gasteiger partial charge in [0, 0.05) is 12.1 Å². The molecule has 0 aliphatic rings. The van der Waals surface area contributed by atoms with E-state index in [4.69, 9.17) is 5.11 Å². The molecule has 1 heterocycles. The first-order valence-corrected chi connectivity index (χ1v) is 9.65. The van der Waals surface area contributed by atoms with Crippen molar-refractivity contribution in [3.05, 3.63) is 59.9 Å². The van der Waals surface area contributed by atoms with Crippen LogP contribution in [0.5, 0.6) is 0 Å². The molecule has 0 saturated carbocycles. The van der Waals surface area contributed by atoms with Gasteiger partial charge in [-0.25, -0.2) is 17.5 Å². The van der Waals surface area contributed by atoms with Crippen LogP contribution >= 0.6 is 0 Å². The minimum absolute atomic E-state index is 0.0543. The zero-order valence-corrected chi connectivity index (χ0v) is 15.3. The number of halogens is 1. The number of nitrogens with one attached hydrogen (secondary N) is 1. The highest BCUT2D eigenvalue weighted by Crippen LogP contribution is 2.20. The van der Waals surface area contributed by atoms with Crippen molar-refractivity contribution in [2.45, 2.75) is 17.9 Å². The van der Waals surface area contributed by atoms with E-state index < -0.39 is 10.0 Å². The molecule has 0 aliphatic heterocycles. The zero-order valence-electron chi connectivity index (χ0n) is 14.4. The Bertz CT molecular complexity index is 1000. The van der Waals surface area contributed by atoms with Crippen molar-refractivity contribution < 1.29 is 17.9 Å². The summed E-state index contributed by atoms with van der Waals surface area (Å²) >= 11 is 0. The number of nitrogens with zero attached hydrogens (tertiary/aromatic N) is 4. The van der Waals surface area contributed by atoms with Crippen LogP contribution < -0.4 is 4.72 Å². The molecule has 0 spiro atoms. The molecule has 2 N–H and O–H groups in total. The molecule has 8 nitrogen and oxygen atoms in total. The lowest BCUT2D eigenvalue weighted by Gasteiger charge is -2.09. The molecule has 0 saturated heterocycles. The third-order valence-electron chi connectivity index (χ3n) is 3.95. The van der Waals surface area contributed by atoms with E-state index in [2.05, 4.69) is 20.1 Å². The molecule has 0 aliphatic carbocycles. The van der Waals surface area contributed by atoms with Crippen molar-refractivity contribution in [1.29, 1.82) is 0 Å². The number of hydrogen-bond donors (Lipinski definition) is 2. The van der Waals surface area contributed by atoms with Gasteiger partial charge in [0.15, 0.2) is 0 Å². The van der Waals surface area contributed by atoms with Crippen LogP contribution in [-0.2, 0) is 10.0 Å². The van der Waals surface area contributed by atoms with Gasteiger partial charge in [0.25, 0.3) is 0 Å². The van der Waals surface area contributed by atoms with E-state index in [0.29, 0.717) is 11.4 Å². The molecule has 3 rings (SSSR count). The Hall–Kier alpha value is -2.69. The number of tetrazole rings is 1. The van der Waals surface area contributed by atoms with Crippen molar-refractivity contribution in [1.82, 2.24) is 24.9 Å². The van der Waals surface area contributed by atoms with Gasteiger partial charge in [-0.3, -0.25) is 0 Å². The fourth-order valence-electron chi connectivity index (χ4n) is 2.43. The maximum Gasteiger partial charge on any atom is 0.240 e. The van der Waals surface area contributed by atoms with Crippen LogP contribution in [0.1, 0.15) is 18.5 Å². The molecule has 27 heavy (non-hydrogen) atoms. The second kappa shape index (κ2) is 7.91. The molecule has 10 heteroatoms. The molecule has 0 radical (unpaired) electrons. The third-order valence-corrected chi connectivity index (χ3v) is 5.43. The monoisotopic (exact) mass is 391 g/mol. The molecule has 1 atom stereocenters. The molecule has 1 aromatic heterocycles. The predicted octanol–water partition coefficient (Wildman–Crippen LogP) is 1.36. The van der Waals surface area contributed by atoms with Gasteiger partial charge in [0.05, 0.1) is 17.5 Å². The van der Waals surface area contributed by atoms with Crippen LogP contribution in [0.3, 0.4) is 0 Å². The average molecular weight is 391 g/mol. The summed E-state index contributed by atoms with van der Waals surface area (Å²) in [6, 6.07) is 11.8. The lowest BCUT2D eigenvalue weighted by molar-refractivity contribution is 0.301. The van der Waals surface area contributed by atoms with Crippen molar-refractivity contribution in [3.63, 3.8) is 0 Å². The fourth-order valence-corrected chi connectivity index (χ4v) is 3.45. The molecule has 3 aromatic rings. The second-order valence-corrected chi connectivity index (χ2v) is 7.57. The lowest BCUT2D eigenvalue weighted by atomic mass is 10.1. The van der Waals surface area contributed by atoms with E-state index in [1.165, 1.54) is 29.1 Å². The Kier molecular flexibility index (Phi) is 5.59. The SMILES string of the molecule is CC(c1ccc(F)cc1)n1nnc(-c2ccc(S(=O)(=O)NCCO)cc2)n1. The molecule has 142 valence electrons. The number of aliphatic hydroxyl groups is 1. The fraction of sp³-hybridized carbons (Fsp3) is 0.235. The summed E-state index contributed by atoms with van der Waals surface area (Å²) in [5, 5.41) is 21.1. The Morgan fingerprint density at radius 1 is 1.15 bits per heavy atom.